The van der Waals surface area contributed by atoms with Gasteiger partial charge in [-0.2, -0.15) is 5.10 Å². The average molecular weight is 391 g/mol. The van der Waals surface area contributed by atoms with Crippen LogP contribution in [0.5, 0.6) is 0 Å². The molecular weight excluding hydrogens is 374 g/mol. The maximum absolute atomic E-state index is 12.9. The fourth-order valence-corrected chi connectivity index (χ4v) is 3.62. The largest absolute Gasteiger partial charge is 0.296 e. The van der Waals surface area contributed by atoms with E-state index in [0.717, 1.165) is 17.7 Å². The third kappa shape index (κ3) is 3.41. The van der Waals surface area contributed by atoms with Gasteiger partial charge in [-0.05, 0) is 24.6 Å². The number of hydrogen-bond donors (Lipinski definition) is 1. The summed E-state index contributed by atoms with van der Waals surface area (Å²) in [4.78, 5) is 34.0. The number of carbonyl (C=O) groups excluding carboxylic acids is 1. The zero-order chi connectivity index (χ0) is 19.5. The Kier molecular flexibility index (Phi) is 4.94. The molecule has 0 spiro atoms. The first-order chi connectivity index (χ1) is 13.7. The second-order valence-electron chi connectivity index (χ2n) is 6.16. The maximum Gasteiger partial charge on any atom is 0.278 e. The second kappa shape index (κ2) is 7.69. The minimum atomic E-state index is -0.395. The Morgan fingerprint density at radius 1 is 1.18 bits per heavy atom. The van der Waals surface area contributed by atoms with Gasteiger partial charge >= 0.3 is 0 Å². The molecule has 4 aromatic rings. The average Bonchev–Trinajstić information content (AvgIpc) is 3.19. The molecule has 0 aliphatic rings. The minimum absolute atomic E-state index is 0.192. The number of aromatic nitrogens is 4. The van der Waals surface area contributed by atoms with Crippen LogP contribution in [0.25, 0.3) is 22.0 Å². The Labute approximate surface area is 164 Å². The van der Waals surface area contributed by atoms with Crippen molar-refractivity contribution in [2.45, 2.75) is 19.9 Å². The summed E-state index contributed by atoms with van der Waals surface area (Å²) in [5.74, 6) is -0.395. The van der Waals surface area contributed by atoms with Gasteiger partial charge in [0.2, 0.25) is 0 Å². The number of hydrogen-bond acceptors (Lipinski definition) is 6. The van der Waals surface area contributed by atoms with Crippen LogP contribution in [-0.4, -0.2) is 25.7 Å². The summed E-state index contributed by atoms with van der Waals surface area (Å²) >= 11 is 1.32. The molecule has 3 heterocycles. The van der Waals surface area contributed by atoms with E-state index < -0.39 is 5.91 Å². The number of thiazole rings is 1. The standard InChI is InChI=1S/C20H17N5O2S/c1-2-10-25-19(27)15-8-4-3-7-14(15)17(24-25)18(26)23-20-22-16(12-28-20)13-6-5-9-21-11-13/h3-9,11-12H,2,10H2,1H3,(H,22,23,26). The molecule has 0 atom stereocenters. The van der Waals surface area contributed by atoms with Gasteiger partial charge in [-0.15, -0.1) is 11.3 Å². The molecule has 0 saturated carbocycles. The van der Waals surface area contributed by atoms with Gasteiger partial charge in [-0.1, -0.05) is 25.1 Å². The highest BCUT2D eigenvalue weighted by atomic mass is 32.1. The number of rotatable bonds is 5. The van der Waals surface area contributed by atoms with Crippen LogP contribution in [0.4, 0.5) is 5.13 Å². The number of anilines is 1. The van der Waals surface area contributed by atoms with Crippen molar-refractivity contribution < 1.29 is 4.79 Å². The molecule has 0 aliphatic heterocycles. The highest BCUT2D eigenvalue weighted by Crippen LogP contribution is 2.25. The van der Waals surface area contributed by atoms with E-state index in [1.54, 1.807) is 36.7 Å². The Morgan fingerprint density at radius 3 is 2.75 bits per heavy atom. The lowest BCUT2D eigenvalue weighted by Crippen LogP contribution is -2.27. The zero-order valence-corrected chi connectivity index (χ0v) is 15.9. The van der Waals surface area contributed by atoms with Crippen LogP contribution >= 0.6 is 11.3 Å². The van der Waals surface area contributed by atoms with Gasteiger partial charge < -0.3 is 0 Å². The lowest BCUT2D eigenvalue weighted by atomic mass is 10.1. The van der Waals surface area contributed by atoms with E-state index in [9.17, 15) is 9.59 Å². The number of pyridine rings is 1. The first-order valence-corrected chi connectivity index (χ1v) is 9.72. The van der Waals surface area contributed by atoms with E-state index in [1.165, 1.54) is 16.0 Å². The fourth-order valence-electron chi connectivity index (χ4n) is 2.90. The predicted molar refractivity (Wildman–Crippen MR) is 110 cm³/mol. The normalized spacial score (nSPS) is 10.9. The van der Waals surface area contributed by atoms with Gasteiger partial charge in [-0.25, -0.2) is 9.67 Å². The number of nitrogens with one attached hydrogen (secondary N) is 1. The molecule has 0 saturated heterocycles. The van der Waals surface area contributed by atoms with Crippen LogP contribution in [0.2, 0.25) is 0 Å². The number of fused-ring (bicyclic) bond motifs is 1. The molecule has 1 amide bonds. The third-order valence-electron chi connectivity index (χ3n) is 4.20. The van der Waals surface area contributed by atoms with Gasteiger partial charge in [0.15, 0.2) is 10.8 Å². The molecule has 0 aliphatic carbocycles. The van der Waals surface area contributed by atoms with Crippen molar-refractivity contribution in [3.05, 3.63) is 70.2 Å². The van der Waals surface area contributed by atoms with Crippen LogP contribution in [0.3, 0.4) is 0 Å². The van der Waals surface area contributed by atoms with Crippen LogP contribution in [0.1, 0.15) is 23.8 Å². The molecule has 0 unspecified atom stereocenters. The highest BCUT2D eigenvalue weighted by molar-refractivity contribution is 7.14. The molecule has 4 rings (SSSR count). The summed E-state index contributed by atoms with van der Waals surface area (Å²) < 4.78 is 1.35. The van der Waals surface area contributed by atoms with Crippen molar-refractivity contribution in [1.29, 1.82) is 0 Å². The number of carbonyl (C=O) groups is 1. The van der Waals surface area contributed by atoms with Gasteiger partial charge in [-0.3, -0.25) is 19.9 Å². The topological polar surface area (TPSA) is 89.8 Å². The molecular formula is C20H17N5O2S. The van der Waals surface area contributed by atoms with Crippen molar-refractivity contribution in [2.75, 3.05) is 5.32 Å². The van der Waals surface area contributed by atoms with Gasteiger partial charge in [0.25, 0.3) is 11.5 Å². The molecule has 0 fully saturated rings. The monoisotopic (exact) mass is 391 g/mol. The van der Waals surface area contributed by atoms with E-state index >= 15 is 0 Å². The first kappa shape index (κ1) is 18.0. The van der Waals surface area contributed by atoms with Crippen molar-refractivity contribution >= 4 is 33.1 Å². The van der Waals surface area contributed by atoms with Crippen LogP contribution in [0.15, 0.2) is 59.0 Å². The Bertz CT molecular complexity index is 1200. The van der Waals surface area contributed by atoms with E-state index in [2.05, 4.69) is 20.4 Å². The summed E-state index contributed by atoms with van der Waals surface area (Å²) in [6.07, 6.45) is 4.16. The number of nitrogens with zero attached hydrogens (tertiary/aromatic N) is 4. The second-order valence-corrected chi connectivity index (χ2v) is 7.01. The van der Waals surface area contributed by atoms with Gasteiger partial charge in [0, 0.05) is 35.3 Å². The van der Waals surface area contributed by atoms with Crippen molar-refractivity contribution in [1.82, 2.24) is 19.7 Å². The lowest BCUT2D eigenvalue weighted by molar-refractivity contribution is 0.102. The van der Waals surface area contributed by atoms with E-state index in [1.807, 2.05) is 24.4 Å². The van der Waals surface area contributed by atoms with Crippen molar-refractivity contribution in [3.8, 4) is 11.3 Å². The molecule has 0 radical (unpaired) electrons. The molecule has 8 heteroatoms. The smallest absolute Gasteiger partial charge is 0.278 e. The van der Waals surface area contributed by atoms with E-state index in [4.69, 9.17) is 0 Å². The zero-order valence-electron chi connectivity index (χ0n) is 15.1. The van der Waals surface area contributed by atoms with Crippen LogP contribution in [-0.2, 0) is 6.54 Å². The van der Waals surface area contributed by atoms with Gasteiger partial charge in [0.1, 0.15) is 0 Å². The molecule has 140 valence electrons. The summed E-state index contributed by atoms with van der Waals surface area (Å²) in [6.45, 7) is 2.41. The predicted octanol–water partition coefficient (Wildman–Crippen LogP) is 3.58. The summed E-state index contributed by atoms with van der Waals surface area (Å²) in [5.41, 5.74) is 1.63. The number of benzene rings is 1. The fraction of sp³-hybridized carbons (Fsp3) is 0.150. The van der Waals surface area contributed by atoms with E-state index in [-0.39, 0.29) is 11.3 Å². The van der Waals surface area contributed by atoms with Crippen LogP contribution in [0, 0.1) is 0 Å². The van der Waals surface area contributed by atoms with Crippen LogP contribution < -0.4 is 10.9 Å². The van der Waals surface area contributed by atoms with Crippen molar-refractivity contribution in [3.63, 3.8) is 0 Å². The third-order valence-corrected chi connectivity index (χ3v) is 4.96. The molecule has 1 N–H and O–H groups in total. The quantitative estimate of drug-likeness (QED) is 0.562. The SMILES string of the molecule is CCCn1nc(C(=O)Nc2nc(-c3cccnc3)cs2)c2ccccc2c1=O. The Morgan fingerprint density at radius 2 is 2.00 bits per heavy atom. The number of amides is 1. The molecule has 0 bridgehead atoms. The van der Waals surface area contributed by atoms with Gasteiger partial charge in [0.05, 0.1) is 11.1 Å². The molecule has 28 heavy (non-hydrogen) atoms. The summed E-state index contributed by atoms with van der Waals surface area (Å²) in [7, 11) is 0. The molecule has 3 aromatic heterocycles. The summed E-state index contributed by atoms with van der Waals surface area (Å²) in [5, 5.41) is 10.4. The van der Waals surface area contributed by atoms with Crippen molar-refractivity contribution in [2.24, 2.45) is 0 Å². The molecule has 7 nitrogen and oxygen atoms in total. The summed E-state index contributed by atoms with van der Waals surface area (Å²) in [6, 6.07) is 10.8. The minimum Gasteiger partial charge on any atom is -0.296 e. The van der Waals surface area contributed by atoms with E-state index in [0.29, 0.717) is 22.4 Å². The maximum atomic E-state index is 12.9. The highest BCUT2D eigenvalue weighted by Gasteiger charge is 2.18. The first-order valence-electron chi connectivity index (χ1n) is 8.84. The lowest BCUT2D eigenvalue weighted by Gasteiger charge is -2.09. The Balaban J connectivity index is 1.69. The Hall–Kier alpha value is -3.39. The number of aryl methyl sites for hydroxylation is 1. The molecule has 1 aromatic carbocycles.